The molecule has 1 saturated carbocycles. The number of aliphatic hydroxyl groups excluding tert-OH is 1. The molecule has 2 aromatic rings. The zero-order valence-electron chi connectivity index (χ0n) is 17.5. The molecule has 1 aliphatic rings. The highest BCUT2D eigenvalue weighted by molar-refractivity contribution is 7.89. The summed E-state index contributed by atoms with van der Waals surface area (Å²) in [5.74, 6) is -14.0. The van der Waals surface area contributed by atoms with Crippen LogP contribution in [0, 0.1) is 35.0 Å². The van der Waals surface area contributed by atoms with Crippen molar-refractivity contribution in [1.82, 2.24) is 4.31 Å². The molecular formula is C20H19F5N2O6S. The Morgan fingerprint density at radius 2 is 1.56 bits per heavy atom. The summed E-state index contributed by atoms with van der Waals surface area (Å²) in [5.41, 5.74) is -0.200. The number of likely N-dealkylation sites (N-methyl/N-ethyl adjacent to an activating group) is 1. The Bertz CT molecular complexity index is 1210. The molecular weight excluding hydrogens is 491 g/mol. The van der Waals surface area contributed by atoms with E-state index in [1.165, 1.54) is 6.07 Å². The van der Waals surface area contributed by atoms with Gasteiger partial charge in [0.1, 0.15) is 5.75 Å². The number of carbonyl (C=O) groups excluding carboxylic acids is 1. The smallest absolute Gasteiger partial charge is 0.249 e. The van der Waals surface area contributed by atoms with Gasteiger partial charge >= 0.3 is 0 Å². The lowest BCUT2D eigenvalue weighted by Crippen LogP contribution is -2.42. The average Bonchev–Trinajstić information content (AvgIpc) is 3.58. The van der Waals surface area contributed by atoms with E-state index in [1.807, 2.05) is 0 Å². The van der Waals surface area contributed by atoms with Gasteiger partial charge < -0.3 is 20.2 Å². The number of amides is 1. The standard InChI is InChI=1S/C20H19F5N2O6S/c1-26(34(32,33)19-17(24)15(22)14(21)16(23)18(19)25)8-13(29)27(7-9-2-3-9)10-4-5-11(20(30)31)12(28)6-10/h4-6,9,20,28,30-31H,2-3,7-8H2,1H3. The summed E-state index contributed by atoms with van der Waals surface area (Å²) in [5, 5.41) is 28.4. The molecule has 0 heterocycles. The highest BCUT2D eigenvalue weighted by Crippen LogP contribution is 2.34. The van der Waals surface area contributed by atoms with Gasteiger partial charge in [-0.2, -0.15) is 4.31 Å². The first-order valence-corrected chi connectivity index (χ1v) is 11.2. The third kappa shape index (κ3) is 4.85. The van der Waals surface area contributed by atoms with Crippen LogP contribution in [0.4, 0.5) is 27.6 Å². The Labute approximate surface area is 190 Å². The summed E-state index contributed by atoms with van der Waals surface area (Å²) in [6.07, 6.45) is -0.497. The molecule has 0 unspecified atom stereocenters. The average molecular weight is 510 g/mol. The van der Waals surface area contributed by atoms with Crippen LogP contribution in [-0.4, -0.2) is 54.1 Å². The number of carbonyl (C=O) groups is 1. The summed E-state index contributed by atoms with van der Waals surface area (Å²) < 4.78 is 93.8. The molecule has 1 aliphatic carbocycles. The fraction of sp³-hybridized carbons (Fsp3) is 0.350. The lowest BCUT2D eigenvalue weighted by atomic mass is 10.1. The fourth-order valence-electron chi connectivity index (χ4n) is 3.16. The van der Waals surface area contributed by atoms with Gasteiger partial charge in [-0.25, -0.2) is 30.4 Å². The molecule has 0 aromatic heterocycles. The summed E-state index contributed by atoms with van der Waals surface area (Å²) >= 11 is 0. The Morgan fingerprint density at radius 3 is 2.03 bits per heavy atom. The monoisotopic (exact) mass is 510 g/mol. The third-order valence-electron chi connectivity index (χ3n) is 5.24. The van der Waals surface area contributed by atoms with Crippen molar-refractivity contribution in [2.24, 2.45) is 5.92 Å². The predicted molar refractivity (Wildman–Crippen MR) is 106 cm³/mol. The first-order valence-electron chi connectivity index (χ1n) is 9.74. The number of nitrogens with zero attached hydrogens (tertiary/aromatic N) is 2. The normalized spacial score (nSPS) is 14.2. The van der Waals surface area contributed by atoms with Crippen molar-refractivity contribution in [2.45, 2.75) is 24.0 Å². The summed E-state index contributed by atoms with van der Waals surface area (Å²) in [6, 6.07) is 3.42. The number of halogens is 5. The van der Waals surface area contributed by atoms with Crippen molar-refractivity contribution in [1.29, 1.82) is 0 Å². The van der Waals surface area contributed by atoms with Crippen molar-refractivity contribution < 1.29 is 50.5 Å². The van der Waals surface area contributed by atoms with Gasteiger partial charge in [-0.15, -0.1) is 0 Å². The van der Waals surface area contributed by atoms with Crippen molar-refractivity contribution >= 4 is 21.6 Å². The lowest BCUT2D eigenvalue weighted by Gasteiger charge is -2.26. The Kier molecular flexibility index (Phi) is 7.17. The molecule has 8 nitrogen and oxygen atoms in total. The second kappa shape index (κ2) is 9.44. The van der Waals surface area contributed by atoms with E-state index in [4.69, 9.17) is 0 Å². The first kappa shape index (κ1) is 25.8. The van der Waals surface area contributed by atoms with Crippen LogP contribution in [0.25, 0.3) is 0 Å². The number of phenolic OH excluding ortho intramolecular Hbond substituents is 1. The Hall–Kier alpha value is -2.81. The van der Waals surface area contributed by atoms with Gasteiger partial charge in [-0.05, 0) is 30.9 Å². The van der Waals surface area contributed by atoms with E-state index >= 15 is 0 Å². The van der Waals surface area contributed by atoms with E-state index in [2.05, 4.69) is 0 Å². The zero-order valence-corrected chi connectivity index (χ0v) is 18.3. The number of aromatic hydroxyl groups is 1. The predicted octanol–water partition coefficient (Wildman–Crippen LogP) is 2.13. The first-order chi connectivity index (χ1) is 15.8. The maximum atomic E-state index is 14.1. The van der Waals surface area contributed by atoms with E-state index in [9.17, 15) is 50.5 Å². The van der Waals surface area contributed by atoms with Crippen molar-refractivity contribution in [3.05, 3.63) is 52.8 Å². The van der Waals surface area contributed by atoms with Crippen LogP contribution in [0.5, 0.6) is 5.75 Å². The second-order valence-corrected chi connectivity index (χ2v) is 9.71. The lowest BCUT2D eigenvalue weighted by molar-refractivity contribution is -0.118. The van der Waals surface area contributed by atoms with E-state index in [0.29, 0.717) is 0 Å². The van der Waals surface area contributed by atoms with Gasteiger partial charge in [0, 0.05) is 30.9 Å². The number of hydrogen-bond acceptors (Lipinski definition) is 6. The molecule has 1 amide bonds. The number of rotatable bonds is 8. The van der Waals surface area contributed by atoms with Gasteiger partial charge in [-0.1, -0.05) is 0 Å². The maximum absolute atomic E-state index is 14.1. The minimum Gasteiger partial charge on any atom is -0.507 e. The van der Waals surface area contributed by atoms with E-state index in [1.54, 1.807) is 0 Å². The number of benzene rings is 2. The Balaban J connectivity index is 1.92. The molecule has 1 fully saturated rings. The molecule has 14 heteroatoms. The van der Waals surface area contributed by atoms with Crippen LogP contribution >= 0.6 is 0 Å². The molecule has 0 saturated heterocycles. The van der Waals surface area contributed by atoms with E-state index < -0.39 is 68.5 Å². The van der Waals surface area contributed by atoms with Gasteiger partial charge in [0.15, 0.2) is 34.5 Å². The molecule has 0 aliphatic heterocycles. The van der Waals surface area contributed by atoms with Crippen molar-refractivity contribution in [3.63, 3.8) is 0 Å². The summed E-state index contributed by atoms with van der Waals surface area (Å²) in [6.45, 7) is -0.963. The fourth-order valence-corrected chi connectivity index (χ4v) is 4.38. The van der Waals surface area contributed by atoms with Crippen LogP contribution in [0.3, 0.4) is 0 Å². The van der Waals surface area contributed by atoms with Crippen molar-refractivity contribution in [3.8, 4) is 5.75 Å². The molecule has 3 rings (SSSR count). The molecule has 186 valence electrons. The Morgan fingerprint density at radius 1 is 1.03 bits per heavy atom. The number of phenols is 1. The van der Waals surface area contributed by atoms with Crippen LogP contribution in [-0.2, 0) is 14.8 Å². The number of hydrogen-bond donors (Lipinski definition) is 3. The largest absolute Gasteiger partial charge is 0.507 e. The van der Waals surface area contributed by atoms with Gasteiger partial charge in [-0.3, -0.25) is 4.79 Å². The molecule has 0 radical (unpaired) electrons. The van der Waals surface area contributed by atoms with Crippen LogP contribution < -0.4 is 4.90 Å². The zero-order chi connectivity index (χ0) is 25.5. The maximum Gasteiger partial charge on any atom is 0.249 e. The minimum absolute atomic E-state index is 0.0475. The van der Waals surface area contributed by atoms with E-state index in [0.717, 1.165) is 36.9 Å². The van der Waals surface area contributed by atoms with E-state index in [-0.39, 0.29) is 28.0 Å². The van der Waals surface area contributed by atoms with Gasteiger partial charge in [0.05, 0.1) is 6.54 Å². The molecule has 34 heavy (non-hydrogen) atoms. The van der Waals surface area contributed by atoms with Gasteiger partial charge in [0.2, 0.25) is 21.7 Å². The topological polar surface area (TPSA) is 118 Å². The molecule has 0 atom stereocenters. The third-order valence-corrected chi connectivity index (χ3v) is 7.06. The highest BCUT2D eigenvalue weighted by Gasteiger charge is 2.37. The minimum atomic E-state index is -5.34. The number of aliphatic hydroxyl groups is 2. The molecule has 0 bridgehead atoms. The van der Waals surface area contributed by atoms with Crippen LogP contribution in [0.2, 0.25) is 0 Å². The molecule has 0 spiro atoms. The van der Waals surface area contributed by atoms with Crippen LogP contribution in [0.1, 0.15) is 24.7 Å². The summed E-state index contributed by atoms with van der Waals surface area (Å²) in [4.78, 5) is 11.9. The highest BCUT2D eigenvalue weighted by atomic mass is 32.2. The van der Waals surface area contributed by atoms with Crippen LogP contribution in [0.15, 0.2) is 23.1 Å². The van der Waals surface area contributed by atoms with Gasteiger partial charge in [0.25, 0.3) is 0 Å². The quantitative estimate of drug-likeness (QED) is 0.217. The molecule has 2 aromatic carbocycles. The molecule has 3 N–H and O–H groups in total. The SMILES string of the molecule is CN(CC(=O)N(CC1CC1)c1ccc(C(O)O)c(O)c1)S(=O)(=O)c1c(F)c(F)c(F)c(F)c1F. The second-order valence-electron chi connectivity index (χ2n) is 7.72. The number of sulfonamides is 1. The summed E-state index contributed by atoms with van der Waals surface area (Å²) in [7, 11) is -4.61. The van der Waals surface area contributed by atoms with Crippen molar-refractivity contribution in [2.75, 3.05) is 25.0 Å². The number of anilines is 1.